The van der Waals surface area contributed by atoms with Crippen molar-refractivity contribution in [2.24, 2.45) is 0 Å². The van der Waals surface area contributed by atoms with Gasteiger partial charge in [0.15, 0.2) is 5.82 Å². The first kappa shape index (κ1) is 12.5. The van der Waals surface area contributed by atoms with Gasteiger partial charge in [0, 0.05) is 23.3 Å². The van der Waals surface area contributed by atoms with Gasteiger partial charge >= 0.3 is 0 Å². The Morgan fingerprint density at radius 1 is 1.12 bits per heavy atom. The van der Waals surface area contributed by atoms with Gasteiger partial charge in [-0.2, -0.15) is 0 Å². The summed E-state index contributed by atoms with van der Waals surface area (Å²) in [6.07, 6.45) is 3.41. The minimum Gasteiger partial charge on any atom is -0.484 e. The van der Waals surface area contributed by atoms with Crippen molar-refractivity contribution in [3.63, 3.8) is 0 Å². The van der Waals surface area contributed by atoms with Crippen LogP contribution < -0.4 is 4.74 Å². The van der Waals surface area contributed by atoms with Crippen LogP contribution in [0.15, 0.2) is 41.1 Å². The molecule has 0 spiro atoms. The summed E-state index contributed by atoms with van der Waals surface area (Å²) in [7, 11) is 0. The SMILES string of the molecule is BrCc1cccc(Br)c1OCc1ncccn1. The van der Waals surface area contributed by atoms with E-state index in [2.05, 4.69) is 41.8 Å². The molecule has 0 unspecified atom stereocenters. The molecule has 0 saturated heterocycles. The van der Waals surface area contributed by atoms with Crippen LogP contribution >= 0.6 is 31.9 Å². The standard InChI is InChI=1S/C12H10Br2N2O/c13-7-9-3-1-4-10(14)12(9)17-8-11-15-5-2-6-16-11/h1-6H,7-8H2. The van der Waals surface area contributed by atoms with Crippen LogP contribution in [-0.4, -0.2) is 9.97 Å². The van der Waals surface area contributed by atoms with Crippen molar-refractivity contribution in [2.45, 2.75) is 11.9 Å². The Morgan fingerprint density at radius 2 is 1.88 bits per heavy atom. The van der Waals surface area contributed by atoms with Crippen LogP contribution in [0.3, 0.4) is 0 Å². The van der Waals surface area contributed by atoms with Gasteiger partial charge in [-0.1, -0.05) is 28.1 Å². The summed E-state index contributed by atoms with van der Waals surface area (Å²) >= 11 is 6.91. The summed E-state index contributed by atoms with van der Waals surface area (Å²) in [6, 6.07) is 7.73. The summed E-state index contributed by atoms with van der Waals surface area (Å²) in [4.78, 5) is 8.23. The fourth-order valence-corrected chi connectivity index (χ4v) is 2.32. The third kappa shape index (κ3) is 3.26. The van der Waals surface area contributed by atoms with Gasteiger partial charge in [0.05, 0.1) is 4.47 Å². The molecule has 0 fully saturated rings. The lowest BCUT2D eigenvalue weighted by Gasteiger charge is -2.11. The van der Waals surface area contributed by atoms with E-state index in [4.69, 9.17) is 4.74 Å². The van der Waals surface area contributed by atoms with Crippen LogP contribution in [0.1, 0.15) is 11.4 Å². The predicted octanol–water partition coefficient (Wildman–Crippen LogP) is 3.71. The third-order valence-corrected chi connectivity index (χ3v) is 3.39. The van der Waals surface area contributed by atoms with Crippen LogP contribution in [0.4, 0.5) is 0 Å². The van der Waals surface area contributed by atoms with Crippen LogP contribution in [-0.2, 0) is 11.9 Å². The molecule has 0 aliphatic carbocycles. The fraction of sp³-hybridized carbons (Fsp3) is 0.167. The molecular formula is C12H10Br2N2O. The van der Waals surface area contributed by atoms with Gasteiger partial charge < -0.3 is 4.74 Å². The van der Waals surface area contributed by atoms with Gasteiger partial charge in [0.2, 0.25) is 0 Å². The second-order valence-corrected chi connectivity index (χ2v) is 4.73. The summed E-state index contributed by atoms with van der Waals surface area (Å²) < 4.78 is 6.68. The van der Waals surface area contributed by atoms with Crippen molar-refractivity contribution < 1.29 is 4.74 Å². The van der Waals surface area contributed by atoms with Crippen LogP contribution in [0.5, 0.6) is 5.75 Å². The number of nitrogens with zero attached hydrogens (tertiary/aromatic N) is 2. The molecule has 17 heavy (non-hydrogen) atoms. The van der Waals surface area contributed by atoms with Crippen molar-refractivity contribution in [2.75, 3.05) is 0 Å². The summed E-state index contributed by atoms with van der Waals surface area (Å²) in [6.45, 7) is 0.365. The van der Waals surface area contributed by atoms with E-state index in [9.17, 15) is 0 Å². The zero-order valence-electron chi connectivity index (χ0n) is 8.94. The normalized spacial score (nSPS) is 10.2. The van der Waals surface area contributed by atoms with E-state index in [0.717, 1.165) is 21.1 Å². The molecule has 0 atom stereocenters. The fourth-order valence-electron chi connectivity index (χ4n) is 1.36. The highest BCUT2D eigenvalue weighted by Crippen LogP contribution is 2.30. The number of halogens is 2. The quantitative estimate of drug-likeness (QED) is 0.782. The molecule has 0 N–H and O–H groups in total. The summed E-state index contributed by atoms with van der Waals surface area (Å²) in [5, 5.41) is 0.747. The van der Waals surface area contributed by atoms with Crippen molar-refractivity contribution in [3.05, 3.63) is 52.5 Å². The Labute approximate surface area is 117 Å². The number of rotatable bonds is 4. The van der Waals surface area contributed by atoms with Crippen LogP contribution in [0.2, 0.25) is 0 Å². The molecule has 1 heterocycles. The molecule has 1 aromatic heterocycles. The number of alkyl halides is 1. The Balaban J connectivity index is 2.14. The maximum atomic E-state index is 5.74. The Morgan fingerprint density at radius 3 is 2.59 bits per heavy atom. The molecule has 5 heteroatoms. The summed E-state index contributed by atoms with van der Waals surface area (Å²) in [5.74, 6) is 1.50. The molecule has 2 aromatic rings. The molecule has 0 aliphatic rings. The lowest BCUT2D eigenvalue weighted by Crippen LogP contribution is -2.02. The monoisotopic (exact) mass is 356 g/mol. The zero-order valence-corrected chi connectivity index (χ0v) is 12.1. The van der Waals surface area contributed by atoms with E-state index in [1.54, 1.807) is 18.5 Å². The largest absolute Gasteiger partial charge is 0.484 e. The van der Waals surface area contributed by atoms with Gasteiger partial charge in [-0.25, -0.2) is 9.97 Å². The van der Waals surface area contributed by atoms with Crippen molar-refractivity contribution in [1.29, 1.82) is 0 Å². The van der Waals surface area contributed by atoms with Crippen molar-refractivity contribution >= 4 is 31.9 Å². The molecule has 88 valence electrons. The first-order valence-electron chi connectivity index (χ1n) is 5.03. The van der Waals surface area contributed by atoms with E-state index in [1.165, 1.54) is 0 Å². The van der Waals surface area contributed by atoms with E-state index >= 15 is 0 Å². The number of hydrogen-bond donors (Lipinski definition) is 0. The number of hydrogen-bond acceptors (Lipinski definition) is 3. The number of ether oxygens (including phenoxy) is 1. The molecule has 2 rings (SSSR count). The van der Waals surface area contributed by atoms with Gasteiger partial charge in [0.25, 0.3) is 0 Å². The highest BCUT2D eigenvalue weighted by molar-refractivity contribution is 9.10. The predicted molar refractivity (Wildman–Crippen MR) is 73.1 cm³/mol. The number of aromatic nitrogens is 2. The molecule has 0 amide bonds. The third-order valence-electron chi connectivity index (χ3n) is 2.16. The Bertz CT molecular complexity index is 491. The minimum absolute atomic E-state index is 0.365. The zero-order chi connectivity index (χ0) is 12.1. The van der Waals surface area contributed by atoms with Crippen molar-refractivity contribution in [3.8, 4) is 5.75 Å². The lowest BCUT2D eigenvalue weighted by molar-refractivity contribution is 0.291. The minimum atomic E-state index is 0.365. The van der Waals surface area contributed by atoms with Crippen LogP contribution in [0.25, 0.3) is 0 Å². The van der Waals surface area contributed by atoms with Gasteiger partial charge in [-0.05, 0) is 28.1 Å². The first-order valence-corrected chi connectivity index (χ1v) is 6.94. The van der Waals surface area contributed by atoms with Gasteiger partial charge in [-0.3, -0.25) is 0 Å². The second kappa shape index (κ2) is 6.12. The topological polar surface area (TPSA) is 35.0 Å². The van der Waals surface area contributed by atoms with E-state index < -0.39 is 0 Å². The molecular weight excluding hydrogens is 348 g/mol. The molecule has 0 radical (unpaired) electrons. The van der Waals surface area contributed by atoms with Gasteiger partial charge in [-0.15, -0.1) is 0 Å². The second-order valence-electron chi connectivity index (χ2n) is 3.32. The molecule has 1 aromatic carbocycles. The molecule has 3 nitrogen and oxygen atoms in total. The maximum Gasteiger partial charge on any atom is 0.166 e. The highest BCUT2D eigenvalue weighted by Gasteiger charge is 2.07. The number of para-hydroxylation sites is 1. The highest BCUT2D eigenvalue weighted by atomic mass is 79.9. The van der Waals surface area contributed by atoms with E-state index in [-0.39, 0.29) is 0 Å². The van der Waals surface area contributed by atoms with Crippen LogP contribution in [0, 0.1) is 0 Å². The maximum absolute atomic E-state index is 5.74. The van der Waals surface area contributed by atoms with E-state index in [0.29, 0.717) is 12.4 Å². The van der Waals surface area contributed by atoms with E-state index in [1.807, 2.05) is 18.2 Å². The average Bonchev–Trinajstić information content (AvgIpc) is 2.38. The first-order chi connectivity index (χ1) is 8.31. The van der Waals surface area contributed by atoms with Gasteiger partial charge in [0.1, 0.15) is 12.4 Å². The summed E-state index contributed by atoms with van der Waals surface area (Å²) in [5.41, 5.74) is 1.09. The Kier molecular flexibility index (Phi) is 4.50. The smallest absolute Gasteiger partial charge is 0.166 e. The Hall–Kier alpha value is -0.940. The lowest BCUT2D eigenvalue weighted by atomic mass is 10.2. The average molecular weight is 358 g/mol. The molecule has 0 aliphatic heterocycles. The molecule has 0 saturated carbocycles. The number of benzene rings is 1. The van der Waals surface area contributed by atoms with Crippen molar-refractivity contribution in [1.82, 2.24) is 9.97 Å². The molecule has 0 bridgehead atoms.